The van der Waals surface area contributed by atoms with Crippen LogP contribution in [0.2, 0.25) is 0 Å². The molecular formula is C29H38N4O7. The summed E-state index contributed by atoms with van der Waals surface area (Å²) in [5.74, 6) is -1.74. The van der Waals surface area contributed by atoms with E-state index in [4.69, 9.17) is 9.47 Å². The highest BCUT2D eigenvalue weighted by molar-refractivity contribution is 5.72. The second-order valence-corrected chi connectivity index (χ2v) is 9.66. The first-order valence-electron chi connectivity index (χ1n) is 13.4. The number of carboxylic acid groups (broad SMARTS) is 1. The molecule has 0 bridgehead atoms. The molecule has 1 N–H and O–H groups in total. The first-order valence-corrected chi connectivity index (χ1v) is 13.4. The average molecular weight is 555 g/mol. The molecule has 2 aromatic rings. The molecule has 0 saturated carbocycles. The minimum absolute atomic E-state index is 0.0276. The SMILES string of the molecule is O=CN1CCN(CC(=O)OCc2ccccc2)CCN(CC(=O)O)CCN(CC(=O)OCc2ccccc2)CC1. The lowest BCUT2D eigenvalue weighted by atomic mass is 10.2. The molecule has 1 aliphatic heterocycles. The summed E-state index contributed by atoms with van der Waals surface area (Å²) < 4.78 is 10.9. The lowest BCUT2D eigenvalue weighted by molar-refractivity contribution is -0.147. The van der Waals surface area contributed by atoms with Gasteiger partial charge in [0.2, 0.25) is 6.41 Å². The molecule has 0 unspecified atom stereocenters. The van der Waals surface area contributed by atoms with Crippen molar-refractivity contribution in [3.8, 4) is 0 Å². The van der Waals surface area contributed by atoms with Gasteiger partial charge in [-0.2, -0.15) is 0 Å². The minimum Gasteiger partial charge on any atom is -0.480 e. The second kappa shape index (κ2) is 17.0. The third kappa shape index (κ3) is 11.9. The Morgan fingerprint density at radius 3 is 1.38 bits per heavy atom. The van der Waals surface area contributed by atoms with Gasteiger partial charge < -0.3 is 19.5 Å². The zero-order chi connectivity index (χ0) is 28.6. The largest absolute Gasteiger partial charge is 0.480 e. The van der Waals surface area contributed by atoms with Crippen LogP contribution in [-0.2, 0) is 41.9 Å². The number of carbonyl (C=O) groups is 4. The van der Waals surface area contributed by atoms with E-state index in [1.54, 1.807) is 9.80 Å². The molecule has 0 atom stereocenters. The number of rotatable bonds is 11. The zero-order valence-electron chi connectivity index (χ0n) is 22.7. The number of hydrogen-bond acceptors (Lipinski definition) is 9. The second-order valence-electron chi connectivity index (χ2n) is 9.66. The summed E-state index contributed by atoms with van der Waals surface area (Å²) in [7, 11) is 0. The Morgan fingerprint density at radius 1 is 0.625 bits per heavy atom. The Kier molecular flexibility index (Phi) is 13.1. The van der Waals surface area contributed by atoms with Crippen LogP contribution in [0.5, 0.6) is 0 Å². The standard InChI is InChI=1S/C29H38N4O7/c34-24-33-17-15-31(20-28(37)39-22-25-7-3-1-4-8-25)13-11-30(19-27(35)36)12-14-32(16-18-33)21-29(38)40-23-26-9-5-2-6-10-26/h1-10,24H,11-23H2,(H,35,36). The third-order valence-electron chi connectivity index (χ3n) is 6.57. The van der Waals surface area contributed by atoms with Crippen LogP contribution >= 0.6 is 0 Å². The molecular weight excluding hydrogens is 516 g/mol. The van der Waals surface area contributed by atoms with Gasteiger partial charge in [0, 0.05) is 52.4 Å². The summed E-state index contributed by atoms with van der Waals surface area (Å²) in [6, 6.07) is 18.8. The Bertz CT molecular complexity index is 997. The highest BCUT2D eigenvalue weighted by Crippen LogP contribution is 2.05. The summed E-state index contributed by atoms with van der Waals surface area (Å²) in [5, 5.41) is 9.44. The molecule has 1 amide bonds. The van der Waals surface area contributed by atoms with Crippen LogP contribution in [0.1, 0.15) is 11.1 Å². The first-order chi connectivity index (χ1) is 19.4. The smallest absolute Gasteiger partial charge is 0.320 e. The summed E-state index contributed by atoms with van der Waals surface area (Å²) in [5.41, 5.74) is 1.77. The number of carbonyl (C=O) groups excluding carboxylic acids is 3. The van der Waals surface area contributed by atoms with Crippen molar-refractivity contribution in [3.05, 3.63) is 71.8 Å². The van der Waals surface area contributed by atoms with Gasteiger partial charge in [0.25, 0.3) is 0 Å². The number of amides is 1. The highest BCUT2D eigenvalue weighted by atomic mass is 16.5. The fourth-order valence-electron chi connectivity index (χ4n) is 4.26. The molecule has 1 heterocycles. The number of nitrogens with zero attached hydrogens (tertiary/aromatic N) is 4. The lowest BCUT2D eigenvalue weighted by Gasteiger charge is -2.32. The molecule has 40 heavy (non-hydrogen) atoms. The van der Waals surface area contributed by atoms with E-state index in [0.29, 0.717) is 52.4 Å². The molecule has 216 valence electrons. The van der Waals surface area contributed by atoms with Gasteiger partial charge in [-0.3, -0.25) is 33.9 Å². The van der Waals surface area contributed by atoms with E-state index in [1.807, 2.05) is 70.5 Å². The summed E-state index contributed by atoms with van der Waals surface area (Å²) in [6.45, 7) is 3.43. The summed E-state index contributed by atoms with van der Waals surface area (Å²) in [6.07, 6.45) is 0.764. The number of aliphatic carboxylic acids is 1. The maximum atomic E-state index is 12.6. The number of benzene rings is 2. The number of esters is 2. The molecule has 0 aromatic heterocycles. The van der Waals surface area contributed by atoms with Crippen molar-refractivity contribution in [1.82, 2.24) is 19.6 Å². The third-order valence-corrected chi connectivity index (χ3v) is 6.57. The fourth-order valence-corrected chi connectivity index (χ4v) is 4.26. The summed E-state index contributed by atoms with van der Waals surface area (Å²) >= 11 is 0. The van der Waals surface area contributed by atoms with E-state index in [0.717, 1.165) is 17.5 Å². The van der Waals surface area contributed by atoms with Crippen LogP contribution in [0.3, 0.4) is 0 Å². The highest BCUT2D eigenvalue weighted by Gasteiger charge is 2.20. The molecule has 11 heteroatoms. The quantitative estimate of drug-likeness (QED) is 0.317. The van der Waals surface area contributed by atoms with Crippen molar-refractivity contribution in [2.24, 2.45) is 0 Å². The lowest BCUT2D eigenvalue weighted by Crippen LogP contribution is -2.48. The van der Waals surface area contributed by atoms with E-state index >= 15 is 0 Å². The van der Waals surface area contributed by atoms with Gasteiger partial charge in [-0.1, -0.05) is 60.7 Å². The monoisotopic (exact) mass is 554 g/mol. The van der Waals surface area contributed by atoms with Crippen LogP contribution in [-0.4, -0.2) is 121 Å². The predicted octanol–water partition coefficient (Wildman–Crippen LogP) is 0.936. The van der Waals surface area contributed by atoms with E-state index in [-0.39, 0.29) is 32.8 Å². The average Bonchev–Trinajstić information content (AvgIpc) is 2.96. The first kappa shape index (κ1) is 30.7. The zero-order valence-corrected chi connectivity index (χ0v) is 22.7. The molecule has 2 aromatic carbocycles. The normalized spacial score (nSPS) is 16.4. The van der Waals surface area contributed by atoms with Gasteiger partial charge in [0.15, 0.2) is 0 Å². The van der Waals surface area contributed by atoms with Gasteiger partial charge in [-0.05, 0) is 11.1 Å². The van der Waals surface area contributed by atoms with Crippen LogP contribution in [0.15, 0.2) is 60.7 Å². The summed E-state index contributed by atoms with van der Waals surface area (Å²) in [4.78, 5) is 55.5. The maximum Gasteiger partial charge on any atom is 0.320 e. The van der Waals surface area contributed by atoms with Crippen LogP contribution in [0, 0.1) is 0 Å². The van der Waals surface area contributed by atoms with Crippen molar-refractivity contribution in [1.29, 1.82) is 0 Å². The van der Waals surface area contributed by atoms with Gasteiger partial charge in [-0.15, -0.1) is 0 Å². The molecule has 1 fully saturated rings. The van der Waals surface area contributed by atoms with Gasteiger partial charge in [0.1, 0.15) is 13.2 Å². The fraction of sp³-hybridized carbons (Fsp3) is 0.448. The van der Waals surface area contributed by atoms with Gasteiger partial charge in [0.05, 0.1) is 19.6 Å². The maximum absolute atomic E-state index is 12.6. The number of ether oxygens (including phenoxy) is 2. The molecule has 0 spiro atoms. The van der Waals surface area contributed by atoms with Crippen molar-refractivity contribution in [2.45, 2.75) is 13.2 Å². The van der Waals surface area contributed by atoms with Gasteiger partial charge >= 0.3 is 17.9 Å². The Morgan fingerprint density at radius 2 is 1.00 bits per heavy atom. The van der Waals surface area contributed by atoms with Gasteiger partial charge in [-0.25, -0.2) is 0 Å². The van der Waals surface area contributed by atoms with Crippen LogP contribution < -0.4 is 0 Å². The molecule has 0 aliphatic carbocycles. The van der Waals surface area contributed by atoms with E-state index in [9.17, 15) is 24.3 Å². The van der Waals surface area contributed by atoms with Crippen LogP contribution in [0.4, 0.5) is 0 Å². The van der Waals surface area contributed by atoms with E-state index in [2.05, 4.69) is 0 Å². The van der Waals surface area contributed by atoms with Crippen molar-refractivity contribution < 1.29 is 33.8 Å². The van der Waals surface area contributed by atoms with E-state index in [1.165, 1.54) is 0 Å². The molecule has 11 nitrogen and oxygen atoms in total. The molecule has 3 rings (SSSR count). The number of hydrogen-bond donors (Lipinski definition) is 1. The molecule has 1 aliphatic rings. The van der Waals surface area contributed by atoms with Crippen molar-refractivity contribution in [2.75, 3.05) is 72.0 Å². The number of carboxylic acids is 1. The van der Waals surface area contributed by atoms with Crippen molar-refractivity contribution in [3.63, 3.8) is 0 Å². The van der Waals surface area contributed by atoms with Crippen molar-refractivity contribution >= 4 is 24.3 Å². The minimum atomic E-state index is -0.957. The van der Waals surface area contributed by atoms with E-state index < -0.39 is 17.9 Å². The topological polar surface area (TPSA) is 120 Å². The molecule has 1 saturated heterocycles. The molecule has 0 radical (unpaired) electrons. The van der Waals surface area contributed by atoms with Crippen LogP contribution in [0.25, 0.3) is 0 Å². The Balaban J connectivity index is 1.57. The Hall–Kier alpha value is -3.80. The Labute approximate surface area is 234 Å². The predicted molar refractivity (Wildman–Crippen MR) is 147 cm³/mol.